The van der Waals surface area contributed by atoms with Gasteiger partial charge >= 0.3 is 0 Å². The molecule has 0 fully saturated rings. The maximum atomic E-state index is 11.3. The number of nitro groups is 2. The molecule has 0 aliphatic carbocycles. The number of nitrogens with two attached hydrogens (primary N) is 1. The number of hydrogen-bond acceptors (Lipinski definition) is 8. The molecule has 2 aromatic rings. The van der Waals surface area contributed by atoms with Crippen LogP contribution in [0.4, 0.5) is 17.1 Å². The Bertz CT molecular complexity index is 1020. The predicted octanol–water partition coefficient (Wildman–Crippen LogP) is 2.25. The molecule has 0 unspecified atom stereocenters. The minimum atomic E-state index is -4.10. The molecule has 136 valence electrons. The summed E-state index contributed by atoms with van der Waals surface area (Å²) < 4.78 is 22.5. The second-order valence-electron chi connectivity index (χ2n) is 4.82. The van der Waals surface area contributed by atoms with Gasteiger partial charge in [0.15, 0.2) is 0 Å². The molecule has 2 rings (SSSR count). The summed E-state index contributed by atoms with van der Waals surface area (Å²) in [5.41, 5.74) is 1.72. The van der Waals surface area contributed by atoms with Crippen LogP contribution in [-0.2, 0) is 10.0 Å². The van der Waals surface area contributed by atoms with Crippen LogP contribution >= 0.6 is 11.6 Å². The molecule has 0 bridgehead atoms. The first kappa shape index (κ1) is 19.2. The summed E-state index contributed by atoms with van der Waals surface area (Å²) in [5.74, 6) is 0. The number of benzene rings is 2. The molecule has 0 saturated heterocycles. The summed E-state index contributed by atoms with van der Waals surface area (Å²) in [6.07, 6.45) is 1.18. The predicted molar refractivity (Wildman–Crippen MR) is 93.8 cm³/mol. The van der Waals surface area contributed by atoms with Crippen LogP contribution in [0.1, 0.15) is 5.56 Å². The van der Waals surface area contributed by atoms with Crippen LogP contribution in [0.25, 0.3) is 0 Å². The van der Waals surface area contributed by atoms with E-state index in [9.17, 15) is 28.6 Å². The third-order valence-electron chi connectivity index (χ3n) is 3.06. The third kappa shape index (κ3) is 4.50. The van der Waals surface area contributed by atoms with Crippen molar-refractivity contribution >= 4 is 44.9 Å². The molecule has 0 aromatic heterocycles. The molecule has 0 heterocycles. The van der Waals surface area contributed by atoms with E-state index in [4.69, 9.17) is 16.7 Å². The number of primary sulfonamides is 1. The van der Waals surface area contributed by atoms with Crippen molar-refractivity contribution < 1.29 is 18.3 Å². The smallest absolute Gasteiger partial charge is 0.272 e. The van der Waals surface area contributed by atoms with Gasteiger partial charge in [0, 0.05) is 17.7 Å². The number of halogens is 1. The van der Waals surface area contributed by atoms with Gasteiger partial charge in [-0.1, -0.05) is 17.7 Å². The first-order valence-corrected chi connectivity index (χ1v) is 8.56. The highest BCUT2D eigenvalue weighted by Gasteiger charge is 2.19. The molecule has 11 nitrogen and oxygen atoms in total. The number of nitrogens with one attached hydrogen (secondary N) is 1. The van der Waals surface area contributed by atoms with Crippen molar-refractivity contribution in [1.82, 2.24) is 0 Å². The van der Waals surface area contributed by atoms with Gasteiger partial charge in [-0.2, -0.15) is 5.10 Å². The summed E-state index contributed by atoms with van der Waals surface area (Å²) in [6, 6.07) is 6.93. The van der Waals surface area contributed by atoms with Gasteiger partial charge in [0.1, 0.15) is 10.7 Å². The number of hydrogen-bond donors (Lipinski definition) is 2. The maximum Gasteiger partial charge on any atom is 0.295 e. The molecule has 0 atom stereocenters. The lowest BCUT2D eigenvalue weighted by atomic mass is 10.2. The first-order valence-electron chi connectivity index (χ1n) is 6.64. The molecular weight excluding hydrogens is 390 g/mol. The topological polar surface area (TPSA) is 171 Å². The van der Waals surface area contributed by atoms with E-state index in [0.717, 1.165) is 18.2 Å². The zero-order chi connectivity index (χ0) is 19.5. The maximum absolute atomic E-state index is 11.3. The molecule has 13 heteroatoms. The Labute approximate surface area is 151 Å². The van der Waals surface area contributed by atoms with E-state index in [1.807, 2.05) is 0 Å². The van der Waals surface area contributed by atoms with Crippen LogP contribution in [0.5, 0.6) is 0 Å². The number of hydrazone groups is 1. The first-order chi connectivity index (χ1) is 12.1. The Morgan fingerprint density at radius 3 is 2.31 bits per heavy atom. The molecule has 0 amide bonds. The number of anilines is 1. The lowest BCUT2D eigenvalue weighted by Gasteiger charge is -2.04. The van der Waals surface area contributed by atoms with Gasteiger partial charge in [0.05, 0.1) is 21.0 Å². The van der Waals surface area contributed by atoms with Crippen molar-refractivity contribution in [1.29, 1.82) is 0 Å². The highest BCUT2D eigenvalue weighted by molar-refractivity contribution is 7.89. The molecule has 2 aromatic carbocycles. The van der Waals surface area contributed by atoms with E-state index in [1.165, 1.54) is 24.4 Å². The van der Waals surface area contributed by atoms with Crippen molar-refractivity contribution in [2.45, 2.75) is 4.90 Å². The molecule has 0 spiro atoms. The van der Waals surface area contributed by atoms with Crippen LogP contribution in [-0.4, -0.2) is 24.5 Å². The quantitative estimate of drug-likeness (QED) is 0.425. The summed E-state index contributed by atoms with van der Waals surface area (Å²) in [4.78, 5) is 20.0. The summed E-state index contributed by atoms with van der Waals surface area (Å²) in [5, 5.41) is 30.5. The van der Waals surface area contributed by atoms with E-state index in [-0.39, 0.29) is 16.4 Å². The Morgan fingerprint density at radius 1 is 1.08 bits per heavy atom. The highest BCUT2D eigenvalue weighted by Crippen LogP contribution is 2.27. The second-order valence-corrected chi connectivity index (χ2v) is 6.79. The van der Waals surface area contributed by atoms with Gasteiger partial charge in [0.25, 0.3) is 11.4 Å². The number of nitrogens with zero attached hydrogens (tertiary/aromatic N) is 3. The molecule has 26 heavy (non-hydrogen) atoms. The zero-order valence-electron chi connectivity index (χ0n) is 12.7. The van der Waals surface area contributed by atoms with E-state index in [0.29, 0.717) is 5.56 Å². The molecular formula is C13H10ClN5O6S. The Kier molecular flexibility index (Phi) is 5.50. The lowest BCUT2D eigenvalue weighted by Crippen LogP contribution is -2.12. The fourth-order valence-electron chi connectivity index (χ4n) is 1.86. The average molecular weight is 400 g/mol. The van der Waals surface area contributed by atoms with E-state index in [2.05, 4.69) is 10.5 Å². The van der Waals surface area contributed by atoms with Crippen LogP contribution in [0.15, 0.2) is 46.4 Å². The van der Waals surface area contributed by atoms with E-state index in [1.54, 1.807) is 0 Å². The Hall–Kier alpha value is -3.09. The average Bonchev–Trinajstić information content (AvgIpc) is 2.55. The van der Waals surface area contributed by atoms with Crippen LogP contribution in [0.3, 0.4) is 0 Å². The van der Waals surface area contributed by atoms with Crippen LogP contribution in [0, 0.1) is 20.2 Å². The minimum Gasteiger partial charge on any atom is -0.272 e. The fraction of sp³-hybridized carbons (Fsp3) is 0. The summed E-state index contributed by atoms with van der Waals surface area (Å²) in [6.45, 7) is 0. The second kappa shape index (κ2) is 7.43. The van der Waals surface area contributed by atoms with Crippen LogP contribution < -0.4 is 10.6 Å². The van der Waals surface area contributed by atoms with Gasteiger partial charge < -0.3 is 0 Å². The van der Waals surface area contributed by atoms with Crippen LogP contribution in [0.2, 0.25) is 5.02 Å². The minimum absolute atomic E-state index is 0.0469. The van der Waals surface area contributed by atoms with E-state index < -0.39 is 30.5 Å². The van der Waals surface area contributed by atoms with Gasteiger partial charge in [-0.3, -0.25) is 25.7 Å². The third-order valence-corrected chi connectivity index (χ3v) is 4.29. The number of sulfonamides is 1. The fourth-order valence-corrected chi connectivity index (χ4v) is 2.58. The standard InChI is InChI=1S/C13H10ClN5O6S/c14-10-3-1-8(5-12(10)18(20)21)7-16-17-11-4-2-9(26(15,24)25)6-13(11)19(22)23/h1-7,17H,(H2,15,24,25)/b16-7-. The summed E-state index contributed by atoms with van der Waals surface area (Å²) in [7, 11) is -4.10. The number of rotatable bonds is 6. The summed E-state index contributed by atoms with van der Waals surface area (Å²) >= 11 is 5.69. The molecule has 0 aliphatic rings. The molecule has 0 aliphatic heterocycles. The van der Waals surface area contributed by atoms with Crippen molar-refractivity contribution in [3.05, 3.63) is 67.2 Å². The largest absolute Gasteiger partial charge is 0.295 e. The van der Waals surface area contributed by atoms with Gasteiger partial charge in [-0.15, -0.1) is 0 Å². The monoisotopic (exact) mass is 399 g/mol. The Balaban J connectivity index is 2.29. The molecule has 3 N–H and O–H groups in total. The zero-order valence-corrected chi connectivity index (χ0v) is 14.3. The normalized spacial score (nSPS) is 11.5. The lowest BCUT2D eigenvalue weighted by molar-refractivity contribution is -0.384. The number of nitro benzene ring substituents is 2. The van der Waals surface area contributed by atoms with Crippen molar-refractivity contribution in [3.63, 3.8) is 0 Å². The SMILES string of the molecule is NS(=O)(=O)c1ccc(N/N=C\c2ccc(Cl)c([N+](=O)[O-])c2)c([N+](=O)[O-])c1. The molecule has 0 radical (unpaired) electrons. The van der Waals surface area contributed by atoms with Gasteiger partial charge in [-0.25, -0.2) is 13.6 Å². The van der Waals surface area contributed by atoms with Gasteiger partial charge in [-0.05, 0) is 18.2 Å². The van der Waals surface area contributed by atoms with Gasteiger partial charge in [0.2, 0.25) is 10.0 Å². The van der Waals surface area contributed by atoms with Crippen molar-refractivity contribution in [2.24, 2.45) is 10.2 Å². The van der Waals surface area contributed by atoms with Crippen molar-refractivity contribution in [3.8, 4) is 0 Å². The van der Waals surface area contributed by atoms with E-state index >= 15 is 0 Å². The highest BCUT2D eigenvalue weighted by atomic mass is 35.5. The Morgan fingerprint density at radius 2 is 1.73 bits per heavy atom. The van der Waals surface area contributed by atoms with Crippen molar-refractivity contribution in [2.75, 3.05) is 5.43 Å². The molecule has 0 saturated carbocycles.